The molecule has 1 heterocycles. The van der Waals surface area contributed by atoms with Gasteiger partial charge in [0.2, 0.25) is 0 Å². The maximum Gasteiger partial charge on any atom is 0.193 e. The highest BCUT2D eigenvalue weighted by Gasteiger charge is 2.22. The second-order valence-electron chi connectivity index (χ2n) is 7.31. The van der Waals surface area contributed by atoms with E-state index in [1.165, 1.54) is 24.8 Å². The largest absolute Gasteiger partial charge is 0.497 e. The minimum Gasteiger partial charge on any atom is -0.497 e. The van der Waals surface area contributed by atoms with Gasteiger partial charge in [-0.05, 0) is 55.8 Å². The summed E-state index contributed by atoms with van der Waals surface area (Å²) >= 11 is 0. The molecule has 0 bridgehead atoms. The molecule has 0 spiro atoms. The smallest absolute Gasteiger partial charge is 0.193 e. The van der Waals surface area contributed by atoms with Gasteiger partial charge in [0, 0.05) is 11.8 Å². The minimum absolute atomic E-state index is 0.182. The average Bonchev–Trinajstić information content (AvgIpc) is 2.80. The van der Waals surface area contributed by atoms with Crippen LogP contribution in [-0.2, 0) is 0 Å². The molecule has 0 aromatic heterocycles. The van der Waals surface area contributed by atoms with Gasteiger partial charge in [0.1, 0.15) is 5.75 Å². The van der Waals surface area contributed by atoms with Crippen LogP contribution >= 0.6 is 0 Å². The predicted molar refractivity (Wildman–Crippen MR) is 121 cm³/mol. The summed E-state index contributed by atoms with van der Waals surface area (Å²) in [5.74, 6) is 2.54. The Morgan fingerprint density at radius 3 is 2.30 bits per heavy atom. The molecule has 1 atom stereocenters. The van der Waals surface area contributed by atoms with E-state index in [0.29, 0.717) is 24.0 Å². The summed E-state index contributed by atoms with van der Waals surface area (Å²) in [5, 5.41) is 3.15. The Hall–Kier alpha value is -2.93. The van der Waals surface area contributed by atoms with E-state index >= 15 is 0 Å². The molecule has 1 saturated heterocycles. The Morgan fingerprint density at radius 2 is 1.67 bits per heavy atom. The van der Waals surface area contributed by atoms with Gasteiger partial charge in [-0.3, -0.25) is 9.89 Å². The van der Waals surface area contributed by atoms with Crippen LogP contribution < -0.4 is 25.3 Å². The number of rotatable bonds is 8. The third-order valence-corrected chi connectivity index (χ3v) is 5.42. The van der Waals surface area contributed by atoms with Gasteiger partial charge in [0.15, 0.2) is 17.5 Å². The van der Waals surface area contributed by atoms with Crippen LogP contribution in [0.1, 0.15) is 30.9 Å². The Bertz CT molecular complexity index is 833. The highest BCUT2D eigenvalue weighted by molar-refractivity contribution is 5.92. The normalized spacial score (nSPS) is 16.0. The number of nitrogens with zero attached hydrogens (tertiary/aromatic N) is 2. The Kier molecular flexibility index (Phi) is 7.79. The second kappa shape index (κ2) is 10.7. The van der Waals surface area contributed by atoms with Crippen molar-refractivity contribution in [3.8, 4) is 17.2 Å². The molecule has 1 aliphatic heterocycles. The van der Waals surface area contributed by atoms with Crippen molar-refractivity contribution < 1.29 is 14.2 Å². The van der Waals surface area contributed by atoms with Crippen molar-refractivity contribution >= 4 is 11.6 Å². The van der Waals surface area contributed by atoms with Crippen LogP contribution in [-0.4, -0.2) is 51.8 Å². The van der Waals surface area contributed by atoms with Gasteiger partial charge in [-0.2, -0.15) is 0 Å². The number of methoxy groups -OCH3 is 3. The molecule has 0 saturated carbocycles. The summed E-state index contributed by atoms with van der Waals surface area (Å²) in [6, 6.07) is 14.0. The molecule has 3 N–H and O–H groups in total. The standard InChI is InChI=1S/C23H32N4O3/c1-28-19-10-7-17(8-11-19)20(27-13-5-4-6-14-27)16-25-23(24)26-18-9-12-21(29-2)22(15-18)30-3/h7-12,15,20H,4-6,13-14,16H2,1-3H3,(H3,24,25,26). The van der Waals surface area contributed by atoms with Crippen molar-refractivity contribution in [1.29, 1.82) is 0 Å². The fourth-order valence-electron chi connectivity index (χ4n) is 3.77. The van der Waals surface area contributed by atoms with E-state index in [1.807, 2.05) is 30.3 Å². The van der Waals surface area contributed by atoms with E-state index in [9.17, 15) is 0 Å². The lowest BCUT2D eigenvalue weighted by molar-refractivity contribution is 0.168. The first-order valence-electron chi connectivity index (χ1n) is 10.3. The van der Waals surface area contributed by atoms with E-state index in [2.05, 4.69) is 27.3 Å². The molecule has 7 nitrogen and oxygen atoms in total. The summed E-state index contributed by atoms with van der Waals surface area (Å²) in [6.45, 7) is 2.74. The van der Waals surface area contributed by atoms with Crippen LogP contribution in [0.5, 0.6) is 17.2 Å². The van der Waals surface area contributed by atoms with Crippen molar-refractivity contribution in [2.75, 3.05) is 46.3 Å². The van der Waals surface area contributed by atoms with Gasteiger partial charge in [-0.25, -0.2) is 0 Å². The number of hydrogen-bond acceptors (Lipinski definition) is 5. The molecule has 1 aliphatic rings. The fourth-order valence-corrected chi connectivity index (χ4v) is 3.77. The zero-order valence-corrected chi connectivity index (χ0v) is 18.1. The van der Waals surface area contributed by atoms with Crippen molar-refractivity contribution in [2.45, 2.75) is 25.3 Å². The summed E-state index contributed by atoms with van der Waals surface area (Å²) in [4.78, 5) is 7.15. The van der Waals surface area contributed by atoms with E-state index in [1.54, 1.807) is 21.3 Å². The SMILES string of the molecule is COc1ccc(C(CN=C(N)Nc2ccc(OC)c(OC)c2)N2CCCCC2)cc1. The number of nitrogens with two attached hydrogens (primary N) is 1. The molecular formula is C23H32N4O3. The number of hydrogen-bond donors (Lipinski definition) is 2. The van der Waals surface area contributed by atoms with Crippen LogP contribution in [0.25, 0.3) is 0 Å². The van der Waals surface area contributed by atoms with E-state index in [-0.39, 0.29) is 6.04 Å². The Balaban J connectivity index is 1.73. The number of piperidine rings is 1. The van der Waals surface area contributed by atoms with Crippen LogP contribution in [0.15, 0.2) is 47.5 Å². The molecule has 2 aromatic rings. The molecule has 7 heteroatoms. The zero-order chi connectivity index (χ0) is 21.3. The van der Waals surface area contributed by atoms with Gasteiger partial charge < -0.3 is 25.3 Å². The first kappa shape index (κ1) is 21.8. The van der Waals surface area contributed by atoms with Crippen molar-refractivity contribution in [3.05, 3.63) is 48.0 Å². The second-order valence-corrected chi connectivity index (χ2v) is 7.31. The molecule has 1 fully saturated rings. The molecule has 30 heavy (non-hydrogen) atoms. The highest BCUT2D eigenvalue weighted by Crippen LogP contribution is 2.30. The molecule has 162 valence electrons. The molecule has 0 aliphatic carbocycles. The van der Waals surface area contributed by atoms with Crippen molar-refractivity contribution in [2.24, 2.45) is 10.7 Å². The first-order chi connectivity index (χ1) is 14.6. The Morgan fingerprint density at radius 1 is 0.967 bits per heavy atom. The van der Waals surface area contributed by atoms with E-state index in [0.717, 1.165) is 24.5 Å². The highest BCUT2D eigenvalue weighted by atomic mass is 16.5. The van der Waals surface area contributed by atoms with Gasteiger partial charge in [0.05, 0.1) is 33.9 Å². The average molecular weight is 413 g/mol. The monoisotopic (exact) mass is 412 g/mol. The van der Waals surface area contributed by atoms with Crippen LogP contribution in [0, 0.1) is 0 Å². The Labute approximate surface area is 178 Å². The quantitative estimate of drug-likeness (QED) is 0.509. The number of aliphatic imine (C=N–C) groups is 1. The number of benzene rings is 2. The molecular weight excluding hydrogens is 380 g/mol. The lowest BCUT2D eigenvalue weighted by atomic mass is 10.0. The lowest BCUT2D eigenvalue weighted by Crippen LogP contribution is -2.36. The summed E-state index contributed by atoms with van der Waals surface area (Å²) in [5.41, 5.74) is 8.22. The maximum absolute atomic E-state index is 6.20. The summed E-state index contributed by atoms with van der Waals surface area (Å²) in [7, 11) is 4.90. The summed E-state index contributed by atoms with van der Waals surface area (Å²) < 4.78 is 15.9. The molecule has 0 radical (unpaired) electrons. The zero-order valence-electron chi connectivity index (χ0n) is 18.1. The van der Waals surface area contributed by atoms with Crippen LogP contribution in [0.4, 0.5) is 5.69 Å². The first-order valence-corrected chi connectivity index (χ1v) is 10.3. The van der Waals surface area contributed by atoms with E-state index in [4.69, 9.17) is 19.9 Å². The van der Waals surface area contributed by atoms with Gasteiger partial charge in [-0.1, -0.05) is 18.6 Å². The molecule has 2 aromatic carbocycles. The number of nitrogens with one attached hydrogen (secondary N) is 1. The lowest BCUT2D eigenvalue weighted by Gasteiger charge is -2.34. The van der Waals surface area contributed by atoms with Gasteiger partial charge >= 0.3 is 0 Å². The van der Waals surface area contributed by atoms with Crippen LogP contribution in [0.3, 0.4) is 0 Å². The predicted octanol–water partition coefficient (Wildman–Crippen LogP) is 3.67. The van der Waals surface area contributed by atoms with E-state index < -0.39 is 0 Å². The number of ether oxygens (including phenoxy) is 3. The molecule has 1 unspecified atom stereocenters. The topological polar surface area (TPSA) is 81.3 Å². The van der Waals surface area contributed by atoms with Crippen LogP contribution in [0.2, 0.25) is 0 Å². The maximum atomic E-state index is 6.20. The third kappa shape index (κ3) is 5.57. The van der Waals surface area contributed by atoms with Crippen molar-refractivity contribution in [3.63, 3.8) is 0 Å². The number of likely N-dealkylation sites (tertiary alicyclic amines) is 1. The van der Waals surface area contributed by atoms with Crippen molar-refractivity contribution in [1.82, 2.24) is 4.90 Å². The minimum atomic E-state index is 0.182. The van der Waals surface area contributed by atoms with Gasteiger partial charge in [0.25, 0.3) is 0 Å². The number of guanidine groups is 1. The number of anilines is 1. The fraction of sp³-hybridized carbons (Fsp3) is 0.435. The third-order valence-electron chi connectivity index (χ3n) is 5.42. The summed E-state index contributed by atoms with van der Waals surface area (Å²) in [6.07, 6.45) is 3.73. The molecule has 3 rings (SSSR count). The van der Waals surface area contributed by atoms with Gasteiger partial charge in [-0.15, -0.1) is 0 Å². The molecule has 0 amide bonds.